The summed E-state index contributed by atoms with van der Waals surface area (Å²) < 4.78 is 46.6. The monoisotopic (exact) mass is 664 g/mol. The van der Waals surface area contributed by atoms with Crippen molar-refractivity contribution in [2.45, 2.75) is 89.6 Å². The van der Waals surface area contributed by atoms with Crippen LogP contribution in [0, 0.1) is 13.8 Å². The number of carbonyl (C=O) groups is 4. The van der Waals surface area contributed by atoms with Crippen LogP contribution in [0.4, 0.5) is 13.2 Å². The number of fused-ring (bicyclic) bond motifs is 8. The van der Waals surface area contributed by atoms with Crippen molar-refractivity contribution >= 4 is 45.6 Å². The lowest BCUT2D eigenvalue weighted by molar-refractivity contribution is -0.141. The van der Waals surface area contributed by atoms with Crippen molar-refractivity contribution in [2.75, 3.05) is 7.11 Å². The van der Waals surface area contributed by atoms with E-state index in [1.54, 1.807) is 19.1 Å². The molecule has 0 saturated carbocycles. The van der Waals surface area contributed by atoms with Gasteiger partial charge in [0.2, 0.25) is 0 Å². The van der Waals surface area contributed by atoms with Gasteiger partial charge in [0.25, 0.3) is 5.78 Å². The van der Waals surface area contributed by atoms with Gasteiger partial charge in [-0.15, -0.1) is 0 Å². The van der Waals surface area contributed by atoms with E-state index in [2.05, 4.69) is 9.97 Å². The second-order valence-corrected chi connectivity index (χ2v) is 12.9. The number of esters is 1. The van der Waals surface area contributed by atoms with Crippen LogP contribution in [0.1, 0.15) is 130 Å². The molecule has 3 N–H and O–H groups in total. The molecule has 6 rings (SSSR count). The zero-order valence-electron chi connectivity index (χ0n) is 27.3. The molecule has 3 aromatic rings. The van der Waals surface area contributed by atoms with Gasteiger partial charge >= 0.3 is 18.1 Å². The fourth-order valence-corrected chi connectivity index (χ4v) is 7.58. The summed E-state index contributed by atoms with van der Waals surface area (Å²) in [6.45, 7) is 8.85. The van der Waals surface area contributed by atoms with Gasteiger partial charge in [0.15, 0.2) is 5.78 Å². The third-order valence-corrected chi connectivity index (χ3v) is 10.3. The average Bonchev–Trinajstić information content (AvgIpc) is 3.76. The molecular weight excluding hydrogens is 629 g/mol. The molecule has 252 valence electrons. The molecule has 5 atom stereocenters. The van der Waals surface area contributed by atoms with E-state index < -0.39 is 53.0 Å². The van der Waals surface area contributed by atoms with Crippen molar-refractivity contribution in [3.8, 4) is 0 Å². The number of carboxylic acids is 1. The summed E-state index contributed by atoms with van der Waals surface area (Å²) in [5, 5.41) is 10.3. The van der Waals surface area contributed by atoms with E-state index in [-0.39, 0.29) is 52.4 Å². The lowest BCUT2D eigenvalue weighted by atomic mass is 9.84. The summed E-state index contributed by atoms with van der Waals surface area (Å²) in [6.07, 6.45) is -4.31. The Bertz CT molecular complexity index is 2080. The number of aryl methyl sites for hydroxylation is 2. The van der Waals surface area contributed by atoms with Crippen LogP contribution in [0.15, 0.2) is 18.2 Å². The number of H-pyrrole nitrogens is 2. The first-order valence-electron chi connectivity index (χ1n) is 15.8. The van der Waals surface area contributed by atoms with E-state index in [1.165, 1.54) is 20.1 Å². The zero-order valence-corrected chi connectivity index (χ0v) is 27.3. The Hall–Kier alpha value is -4.81. The third kappa shape index (κ3) is 5.10. The number of Topliss-reactive ketones (excluding diaryl/α,β-unsaturated/α-hetero) is 2. The molecule has 3 aliphatic rings. The van der Waals surface area contributed by atoms with Gasteiger partial charge in [0.1, 0.15) is 5.92 Å². The number of alkyl halides is 3. The Kier molecular flexibility index (Phi) is 8.07. The van der Waals surface area contributed by atoms with Crippen LogP contribution in [0.3, 0.4) is 0 Å². The maximum atomic E-state index is 13.9. The third-order valence-electron chi connectivity index (χ3n) is 10.3. The van der Waals surface area contributed by atoms with Gasteiger partial charge in [-0.25, -0.2) is 0 Å². The largest absolute Gasteiger partial charge is 0.480 e. The number of carbonyl (C=O) groups excluding carboxylic acids is 3. The van der Waals surface area contributed by atoms with Crippen molar-refractivity contribution < 1.29 is 42.2 Å². The summed E-state index contributed by atoms with van der Waals surface area (Å²) in [7, 11) is 1.26. The van der Waals surface area contributed by atoms with Crippen LogP contribution in [-0.2, 0) is 14.3 Å². The maximum absolute atomic E-state index is 13.9. The van der Waals surface area contributed by atoms with E-state index in [1.807, 2.05) is 20.8 Å². The number of carboxylic acid groups (broad SMARTS) is 1. The van der Waals surface area contributed by atoms with E-state index >= 15 is 0 Å². The van der Waals surface area contributed by atoms with Gasteiger partial charge in [-0.2, -0.15) is 13.2 Å². The number of ether oxygens (including phenoxy) is 1. The molecule has 1 aliphatic carbocycles. The molecule has 48 heavy (non-hydrogen) atoms. The van der Waals surface area contributed by atoms with Crippen LogP contribution in [-0.4, -0.2) is 61.8 Å². The number of rotatable bonds is 6. The van der Waals surface area contributed by atoms with Crippen molar-refractivity contribution in [2.24, 2.45) is 0 Å². The minimum Gasteiger partial charge on any atom is -0.480 e. The topological polar surface area (TPSA) is 155 Å². The highest BCUT2D eigenvalue weighted by atomic mass is 19.4. The molecular formula is C35H35F3N4O6. The van der Waals surface area contributed by atoms with Gasteiger partial charge in [-0.3, -0.25) is 29.1 Å². The van der Waals surface area contributed by atoms with Crippen LogP contribution < -0.4 is 0 Å². The lowest BCUT2D eigenvalue weighted by Gasteiger charge is -2.18. The first-order chi connectivity index (χ1) is 22.6. The van der Waals surface area contributed by atoms with E-state index in [9.17, 15) is 37.5 Å². The molecule has 0 spiro atoms. The predicted molar refractivity (Wildman–Crippen MR) is 169 cm³/mol. The summed E-state index contributed by atoms with van der Waals surface area (Å²) in [5.74, 6) is -7.32. The first-order valence-corrected chi connectivity index (χ1v) is 15.8. The van der Waals surface area contributed by atoms with Gasteiger partial charge < -0.3 is 19.8 Å². The molecule has 0 saturated heterocycles. The van der Waals surface area contributed by atoms with Gasteiger partial charge in [0.05, 0.1) is 29.4 Å². The fourth-order valence-electron chi connectivity index (χ4n) is 7.58. The lowest BCUT2D eigenvalue weighted by Crippen LogP contribution is -2.23. The minimum atomic E-state index is -5.14. The Labute approximate surface area is 273 Å². The van der Waals surface area contributed by atoms with E-state index in [4.69, 9.17) is 14.7 Å². The number of methoxy groups -OCH3 is 1. The molecule has 5 heterocycles. The highest BCUT2D eigenvalue weighted by Gasteiger charge is 2.45. The van der Waals surface area contributed by atoms with Crippen LogP contribution in [0.2, 0.25) is 0 Å². The van der Waals surface area contributed by atoms with Crippen LogP contribution >= 0.6 is 0 Å². The quantitative estimate of drug-likeness (QED) is 0.142. The number of halogens is 3. The van der Waals surface area contributed by atoms with Crippen molar-refractivity contribution in [3.05, 3.63) is 68.8 Å². The molecule has 2 aliphatic heterocycles. The number of nitrogens with one attached hydrogen (secondary N) is 2. The number of aromatic nitrogens is 4. The van der Waals surface area contributed by atoms with Crippen LogP contribution in [0.25, 0.3) is 22.1 Å². The van der Waals surface area contributed by atoms with Gasteiger partial charge in [-0.05, 0) is 56.0 Å². The highest BCUT2D eigenvalue weighted by molar-refractivity contribution is 6.23. The summed E-state index contributed by atoms with van der Waals surface area (Å²) in [5.41, 5.74) is 3.40. The molecule has 8 bridgehead atoms. The van der Waals surface area contributed by atoms with Gasteiger partial charge in [0, 0.05) is 69.3 Å². The first kappa shape index (κ1) is 33.1. The second-order valence-electron chi connectivity index (χ2n) is 12.9. The molecule has 0 fully saturated rings. The molecule has 0 amide bonds. The molecule has 0 aromatic carbocycles. The van der Waals surface area contributed by atoms with E-state index in [0.29, 0.717) is 45.8 Å². The SMILES string of the molecule is CC[C@H]1c2cc3[nH]c4c(c3C)C(=O)C(C(=O)O)c4c3nc(cc4[nH]c(cc(n2)[C@@H]1C)c(C(=O)C(F)(F)F)c4C)[C@@H](C)[C@@H]3CCC(=O)OC. The Morgan fingerprint density at radius 1 is 0.917 bits per heavy atom. The molecule has 3 aromatic heterocycles. The number of aliphatic carboxylic acids is 1. The highest BCUT2D eigenvalue weighted by Crippen LogP contribution is 2.48. The summed E-state index contributed by atoms with van der Waals surface area (Å²) >= 11 is 0. The Morgan fingerprint density at radius 3 is 2.15 bits per heavy atom. The van der Waals surface area contributed by atoms with Crippen molar-refractivity contribution in [1.29, 1.82) is 0 Å². The van der Waals surface area contributed by atoms with Gasteiger partial charge in [-0.1, -0.05) is 20.8 Å². The Morgan fingerprint density at radius 2 is 1.52 bits per heavy atom. The average molecular weight is 665 g/mol. The number of hydrogen-bond acceptors (Lipinski definition) is 7. The minimum absolute atomic E-state index is 0.0215. The summed E-state index contributed by atoms with van der Waals surface area (Å²) in [4.78, 5) is 67.6. The van der Waals surface area contributed by atoms with Crippen LogP contribution in [0.5, 0.6) is 0 Å². The summed E-state index contributed by atoms with van der Waals surface area (Å²) in [6, 6.07) is 4.83. The number of aromatic amines is 2. The maximum Gasteiger partial charge on any atom is 0.454 e. The standard InChI is InChI=1S/C35H35F3N4O6/c1-7-17-13(2)19-12-24-26(33(45)35(36,37)38)15(4)21(40-24)10-20-14(3)18(8-9-25(43)48-6)30(41-20)28-29(34(46)47)32(44)27-16(5)22(42-31(27)28)11-23(17)39-19/h10-14,17-18,29,40,42H,7-9H2,1-6H3,(H,46,47)/t13-,14+,17-,18+,29?/m1/s1. The predicted octanol–water partition coefficient (Wildman–Crippen LogP) is 7.18. The van der Waals surface area contributed by atoms with E-state index in [0.717, 1.165) is 0 Å². The molecule has 1 unspecified atom stereocenters. The van der Waals surface area contributed by atoms with Crippen molar-refractivity contribution in [1.82, 2.24) is 19.9 Å². The number of hydrogen-bond donors (Lipinski definition) is 3. The smallest absolute Gasteiger partial charge is 0.454 e. The number of ketones is 2. The molecule has 10 nitrogen and oxygen atoms in total. The normalized spacial score (nSPS) is 21.9. The molecule has 13 heteroatoms. The molecule has 0 radical (unpaired) electrons. The zero-order chi connectivity index (χ0) is 35.0. The Balaban J connectivity index is 1.79. The number of nitrogens with zero attached hydrogens (tertiary/aromatic N) is 2. The second kappa shape index (κ2) is 11.7. The van der Waals surface area contributed by atoms with Crippen molar-refractivity contribution in [3.63, 3.8) is 0 Å². The fraction of sp³-hybridized carbons (Fsp3) is 0.429.